The van der Waals surface area contributed by atoms with Crippen LogP contribution in [0, 0.1) is 0 Å². The van der Waals surface area contributed by atoms with E-state index in [1.54, 1.807) is 0 Å². The zero-order valence-corrected chi connectivity index (χ0v) is 11.9. The van der Waals surface area contributed by atoms with Gasteiger partial charge in [-0.3, -0.25) is 0 Å². The van der Waals surface area contributed by atoms with Crippen LogP contribution < -0.4 is 0 Å². The Labute approximate surface area is 118 Å². The van der Waals surface area contributed by atoms with Gasteiger partial charge in [0.15, 0.2) is 0 Å². The van der Waals surface area contributed by atoms with E-state index in [9.17, 15) is 0 Å². The first-order valence-electron chi connectivity index (χ1n) is 7.33. The Morgan fingerprint density at radius 3 is 3.15 bits per heavy atom. The maximum absolute atomic E-state index is 5.65. The molecule has 0 aliphatic carbocycles. The van der Waals surface area contributed by atoms with Crippen LogP contribution in [0.3, 0.4) is 0 Å². The Morgan fingerprint density at radius 1 is 1.35 bits per heavy atom. The Hall–Kier alpha value is -1.46. The first kappa shape index (κ1) is 13.5. The number of nitrogens with zero attached hydrogens (tertiary/aromatic N) is 3. The van der Waals surface area contributed by atoms with Gasteiger partial charge >= 0.3 is 0 Å². The molecule has 1 aromatic carbocycles. The first-order valence-corrected chi connectivity index (χ1v) is 7.33. The van der Waals surface area contributed by atoms with Crippen molar-refractivity contribution in [1.82, 2.24) is 15.2 Å². The number of fused-ring (bicyclic) bond motifs is 1. The second kappa shape index (κ2) is 6.33. The maximum Gasteiger partial charge on any atom is 0.139 e. The normalized spacial score (nSPS) is 19.2. The molecule has 1 aromatic heterocycles. The van der Waals surface area contributed by atoms with E-state index in [1.165, 1.54) is 31.2 Å². The molecule has 0 amide bonds. The molecule has 5 nitrogen and oxygen atoms in total. The number of benzene rings is 1. The molecular weight excluding hydrogens is 254 g/mol. The first-order chi connectivity index (χ1) is 9.83. The lowest BCUT2D eigenvalue weighted by Crippen LogP contribution is -2.20. The fraction of sp³-hybridized carbons (Fsp3) is 0.600. The molecule has 0 bridgehead atoms. The third-order valence-corrected chi connectivity index (χ3v) is 3.90. The van der Waals surface area contributed by atoms with E-state index < -0.39 is 0 Å². The maximum atomic E-state index is 5.65. The largest absolute Gasteiger partial charge is 0.378 e. The minimum atomic E-state index is 0.492. The molecule has 1 saturated heterocycles. The standard InChI is InChI=1S/C15H21N3O2/c1-18(9-3-6-13-7-4-10-19-13)11-12-5-2-8-14-15(12)17-20-16-14/h2,5,8,13H,3-4,6-7,9-11H2,1H3/t13-/m1/s1. The Balaban J connectivity index is 1.50. The lowest BCUT2D eigenvalue weighted by Gasteiger charge is -2.17. The average Bonchev–Trinajstić information content (AvgIpc) is 3.09. The highest BCUT2D eigenvalue weighted by molar-refractivity contribution is 5.76. The summed E-state index contributed by atoms with van der Waals surface area (Å²) in [7, 11) is 2.14. The van der Waals surface area contributed by atoms with Crippen molar-refractivity contribution in [3.63, 3.8) is 0 Å². The van der Waals surface area contributed by atoms with Crippen molar-refractivity contribution in [2.45, 2.75) is 38.3 Å². The van der Waals surface area contributed by atoms with Gasteiger partial charge in [-0.1, -0.05) is 12.1 Å². The van der Waals surface area contributed by atoms with Crippen LogP contribution in [0.1, 0.15) is 31.2 Å². The summed E-state index contributed by atoms with van der Waals surface area (Å²) in [6, 6.07) is 6.01. The van der Waals surface area contributed by atoms with Crippen LogP contribution in [0.2, 0.25) is 0 Å². The van der Waals surface area contributed by atoms with Crippen molar-refractivity contribution in [2.75, 3.05) is 20.2 Å². The molecule has 1 aliphatic rings. The Bertz CT molecular complexity index is 549. The summed E-state index contributed by atoms with van der Waals surface area (Å²) in [6.07, 6.45) is 5.29. The van der Waals surface area contributed by atoms with E-state index in [0.29, 0.717) is 6.10 Å². The summed E-state index contributed by atoms with van der Waals surface area (Å²) in [4.78, 5) is 2.32. The van der Waals surface area contributed by atoms with Gasteiger partial charge in [0.05, 0.1) is 6.10 Å². The molecule has 20 heavy (non-hydrogen) atoms. The molecule has 0 saturated carbocycles. The predicted octanol–water partition coefficient (Wildman–Crippen LogP) is 2.61. The van der Waals surface area contributed by atoms with E-state index >= 15 is 0 Å². The highest BCUT2D eigenvalue weighted by atomic mass is 16.6. The summed E-state index contributed by atoms with van der Waals surface area (Å²) in [5.74, 6) is 0. The van der Waals surface area contributed by atoms with Crippen LogP contribution in [0.4, 0.5) is 0 Å². The SMILES string of the molecule is CN(CCC[C@@H]1CCCO1)Cc1cccc2nonc12. The van der Waals surface area contributed by atoms with Crippen LogP contribution in [0.25, 0.3) is 11.0 Å². The molecule has 2 aromatic rings. The van der Waals surface area contributed by atoms with E-state index in [-0.39, 0.29) is 0 Å². The monoisotopic (exact) mass is 275 g/mol. The molecule has 3 rings (SSSR count). The fourth-order valence-corrected chi connectivity index (χ4v) is 2.82. The van der Waals surface area contributed by atoms with Gasteiger partial charge in [-0.15, -0.1) is 0 Å². The zero-order valence-electron chi connectivity index (χ0n) is 11.9. The van der Waals surface area contributed by atoms with Crippen LogP contribution in [0.5, 0.6) is 0 Å². The van der Waals surface area contributed by atoms with Gasteiger partial charge in [0.25, 0.3) is 0 Å². The number of aromatic nitrogens is 2. The summed E-state index contributed by atoms with van der Waals surface area (Å²) in [5.41, 5.74) is 2.87. The number of hydrogen-bond acceptors (Lipinski definition) is 5. The van der Waals surface area contributed by atoms with E-state index in [4.69, 9.17) is 9.37 Å². The topological polar surface area (TPSA) is 51.4 Å². The summed E-state index contributed by atoms with van der Waals surface area (Å²) < 4.78 is 10.5. The van der Waals surface area contributed by atoms with Crippen molar-refractivity contribution < 1.29 is 9.37 Å². The molecule has 5 heteroatoms. The smallest absolute Gasteiger partial charge is 0.139 e. The van der Waals surface area contributed by atoms with E-state index in [1.807, 2.05) is 12.1 Å². The van der Waals surface area contributed by atoms with Crippen LogP contribution >= 0.6 is 0 Å². The summed E-state index contributed by atoms with van der Waals surface area (Å²) >= 11 is 0. The molecule has 0 unspecified atom stereocenters. The number of ether oxygens (including phenoxy) is 1. The summed E-state index contributed by atoms with van der Waals surface area (Å²) in [5, 5.41) is 7.86. The third kappa shape index (κ3) is 3.16. The van der Waals surface area contributed by atoms with Crippen molar-refractivity contribution in [3.05, 3.63) is 23.8 Å². The molecule has 1 atom stereocenters. The summed E-state index contributed by atoms with van der Waals surface area (Å²) in [6.45, 7) is 2.89. The van der Waals surface area contributed by atoms with Gasteiger partial charge in [0.1, 0.15) is 11.0 Å². The Morgan fingerprint density at radius 2 is 2.30 bits per heavy atom. The van der Waals surface area contributed by atoms with Crippen molar-refractivity contribution in [1.29, 1.82) is 0 Å². The van der Waals surface area contributed by atoms with Crippen LogP contribution in [-0.2, 0) is 11.3 Å². The fourth-order valence-electron chi connectivity index (χ4n) is 2.82. The molecule has 108 valence electrons. The highest BCUT2D eigenvalue weighted by Gasteiger charge is 2.15. The second-order valence-electron chi connectivity index (χ2n) is 5.56. The molecule has 2 heterocycles. The van der Waals surface area contributed by atoms with Gasteiger partial charge in [0.2, 0.25) is 0 Å². The van der Waals surface area contributed by atoms with Gasteiger partial charge in [-0.2, -0.15) is 0 Å². The minimum Gasteiger partial charge on any atom is -0.378 e. The molecule has 0 spiro atoms. The lowest BCUT2D eigenvalue weighted by atomic mass is 10.1. The van der Waals surface area contributed by atoms with Crippen molar-refractivity contribution in [2.24, 2.45) is 0 Å². The zero-order chi connectivity index (χ0) is 13.8. The quantitative estimate of drug-likeness (QED) is 0.811. The molecule has 1 aliphatic heterocycles. The predicted molar refractivity (Wildman–Crippen MR) is 76.3 cm³/mol. The van der Waals surface area contributed by atoms with Gasteiger partial charge in [-0.05, 0) is 61.2 Å². The molecule has 1 fully saturated rings. The number of rotatable bonds is 6. The van der Waals surface area contributed by atoms with Gasteiger partial charge < -0.3 is 9.64 Å². The molecular formula is C15H21N3O2. The van der Waals surface area contributed by atoms with Gasteiger partial charge in [-0.25, -0.2) is 4.63 Å². The molecule has 0 radical (unpaired) electrons. The van der Waals surface area contributed by atoms with E-state index in [0.717, 1.165) is 30.7 Å². The lowest BCUT2D eigenvalue weighted by molar-refractivity contribution is 0.0995. The molecule has 0 N–H and O–H groups in total. The number of hydrogen-bond donors (Lipinski definition) is 0. The van der Waals surface area contributed by atoms with E-state index in [2.05, 4.69) is 28.3 Å². The van der Waals surface area contributed by atoms with Crippen LogP contribution in [-0.4, -0.2) is 41.5 Å². The van der Waals surface area contributed by atoms with Gasteiger partial charge in [0, 0.05) is 13.2 Å². The average molecular weight is 275 g/mol. The second-order valence-corrected chi connectivity index (χ2v) is 5.56. The van der Waals surface area contributed by atoms with Crippen molar-refractivity contribution in [3.8, 4) is 0 Å². The minimum absolute atomic E-state index is 0.492. The van der Waals surface area contributed by atoms with Crippen LogP contribution in [0.15, 0.2) is 22.8 Å². The highest BCUT2D eigenvalue weighted by Crippen LogP contribution is 2.18. The van der Waals surface area contributed by atoms with Crippen molar-refractivity contribution >= 4 is 11.0 Å². The third-order valence-electron chi connectivity index (χ3n) is 3.90. The Kier molecular flexibility index (Phi) is 4.28.